The van der Waals surface area contributed by atoms with E-state index in [1.165, 1.54) is 18.4 Å². The van der Waals surface area contributed by atoms with Gasteiger partial charge in [0.2, 0.25) is 0 Å². The normalized spacial score (nSPS) is 21.2. The van der Waals surface area contributed by atoms with E-state index in [1.807, 2.05) is 29.2 Å². The van der Waals surface area contributed by atoms with Crippen molar-refractivity contribution in [2.24, 2.45) is 0 Å². The summed E-state index contributed by atoms with van der Waals surface area (Å²) in [6.45, 7) is 4.29. The van der Waals surface area contributed by atoms with Gasteiger partial charge in [0, 0.05) is 30.5 Å². The van der Waals surface area contributed by atoms with Crippen LogP contribution in [0, 0.1) is 0 Å². The molecule has 0 spiro atoms. The molecule has 0 amide bonds. The second kappa shape index (κ2) is 6.01. The largest absolute Gasteiger partial charge is 0.486 e. The molecule has 0 radical (unpaired) electrons. The molecule has 5 heteroatoms. The second-order valence-electron chi connectivity index (χ2n) is 5.94. The highest BCUT2D eigenvalue weighted by Crippen LogP contribution is 2.35. The predicted octanol–water partition coefficient (Wildman–Crippen LogP) is 2.32. The van der Waals surface area contributed by atoms with Gasteiger partial charge in [0.15, 0.2) is 11.5 Å². The summed E-state index contributed by atoms with van der Waals surface area (Å²) >= 11 is 0. The number of fused-ring (bicyclic) bond motifs is 1. The van der Waals surface area contributed by atoms with Gasteiger partial charge in [-0.1, -0.05) is 12.1 Å². The summed E-state index contributed by atoms with van der Waals surface area (Å²) in [5.41, 5.74) is 1.23. The molecule has 2 aliphatic heterocycles. The minimum Gasteiger partial charge on any atom is -0.486 e. The van der Waals surface area contributed by atoms with E-state index in [4.69, 9.17) is 9.47 Å². The molecule has 0 N–H and O–H groups in total. The number of likely N-dealkylation sites (tertiary alicyclic amines) is 1. The van der Waals surface area contributed by atoms with Crippen molar-refractivity contribution in [3.63, 3.8) is 0 Å². The van der Waals surface area contributed by atoms with Crippen LogP contribution >= 0.6 is 0 Å². The molecular weight excluding hydrogens is 278 g/mol. The Kier molecular flexibility index (Phi) is 3.72. The van der Waals surface area contributed by atoms with Crippen LogP contribution in [0.1, 0.15) is 18.4 Å². The van der Waals surface area contributed by atoms with Crippen LogP contribution < -0.4 is 9.47 Å². The van der Waals surface area contributed by atoms with E-state index >= 15 is 0 Å². The Bertz CT molecular complexity index is 627. The number of hydrogen-bond acceptors (Lipinski definition) is 4. The fourth-order valence-corrected chi connectivity index (χ4v) is 3.41. The van der Waals surface area contributed by atoms with Gasteiger partial charge in [0.25, 0.3) is 0 Å². The van der Waals surface area contributed by atoms with Crippen LogP contribution in [0.3, 0.4) is 0 Å². The fourth-order valence-electron chi connectivity index (χ4n) is 3.41. The fraction of sp³-hybridized carbons (Fsp3) is 0.471. The lowest BCUT2D eigenvalue weighted by Crippen LogP contribution is -2.33. The van der Waals surface area contributed by atoms with Gasteiger partial charge in [-0.15, -0.1) is 0 Å². The van der Waals surface area contributed by atoms with Gasteiger partial charge >= 0.3 is 0 Å². The molecule has 2 aliphatic rings. The molecule has 0 bridgehead atoms. The average Bonchev–Trinajstić information content (AvgIpc) is 3.21. The average molecular weight is 299 g/mol. The van der Waals surface area contributed by atoms with Crippen molar-refractivity contribution in [2.75, 3.05) is 19.8 Å². The van der Waals surface area contributed by atoms with E-state index in [2.05, 4.69) is 22.1 Å². The van der Waals surface area contributed by atoms with E-state index in [1.54, 1.807) is 0 Å². The van der Waals surface area contributed by atoms with Crippen molar-refractivity contribution < 1.29 is 9.47 Å². The van der Waals surface area contributed by atoms with Crippen LogP contribution in [0.2, 0.25) is 0 Å². The third kappa shape index (κ3) is 2.68. The summed E-state index contributed by atoms with van der Waals surface area (Å²) in [5, 5.41) is 4.34. The maximum absolute atomic E-state index is 5.84. The highest BCUT2D eigenvalue weighted by Gasteiger charge is 2.27. The zero-order chi connectivity index (χ0) is 14.8. The molecule has 22 heavy (non-hydrogen) atoms. The molecule has 1 aromatic heterocycles. The predicted molar refractivity (Wildman–Crippen MR) is 83.1 cm³/mol. The van der Waals surface area contributed by atoms with Gasteiger partial charge in [0.05, 0.1) is 6.54 Å². The van der Waals surface area contributed by atoms with Crippen LogP contribution in [0.15, 0.2) is 36.7 Å². The van der Waals surface area contributed by atoms with Crippen molar-refractivity contribution in [1.82, 2.24) is 14.7 Å². The summed E-state index contributed by atoms with van der Waals surface area (Å²) in [6.07, 6.45) is 6.36. The van der Waals surface area contributed by atoms with Crippen molar-refractivity contribution in [1.29, 1.82) is 0 Å². The number of rotatable bonds is 4. The molecule has 116 valence electrons. The van der Waals surface area contributed by atoms with Gasteiger partial charge < -0.3 is 9.47 Å². The molecule has 2 aromatic rings. The Morgan fingerprint density at radius 3 is 3.05 bits per heavy atom. The first kappa shape index (κ1) is 13.6. The summed E-state index contributed by atoms with van der Waals surface area (Å²) in [7, 11) is 0. The Labute approximate surface area is 130 Å². The quantitative estimate of drug-likeness (QED) is 0.868. The van der Waals surface area contributed by atoms with E-state index < -0.39 is 0 Å². The molecule has 4 rings (SSSR count). The first-order valence-corrected chi connectivity index (χ1v) is 7.99. The van der Waals surface area contributed by atoms with Crippen LogP contribution in [0.25, 0.3) is 0 Å². The molecule has 3 heterocycles. The first-order chi connectivity index (χ1) is 10.9. The lowest BCUT2D eigenvalue weighted by Gasteiger charge is -2.27. The Morgan fingerprint density at radius 2 is 2.14 bits per heavy atom. The van der Waals surface area contributed by atoms with Crippen LogP contribution in [-0.4, -0.2) is 40.5 Å². The third-order valence-corrected chi connectivity index (χ3v) is 4.48. The Morgan fingerprint density at radius 1 is 1.18 bits per heavy atom. The van der Waals surface area contributed by atoms with Gasteiger partial charge in [-0.05, 0) is 31.5 Å². The summed E-state index contributed by atoms with van der Waals surface area (Å²) in [5.74, 6) is 1.81. The number of hydrogen-bond donors (Lipinski definition) is 0. The van der Waals surface area contributed by atoms with Gasteiger partial charge in [-0.2, -0.15) is 5.10 Å². The highest BCUT2D eigenvalue weighted by molar-refractivity contribution is 5.47. The minimum absolute atomic E-state index is 0.542. The molecular formula is C17H21N3O2. The summed E-state index contributed by atoms with van der Waals surface area (Å²) in [4.78, 5) is 2.54. The number of ether oxygens (including phenoxy) is 2. The van der Waals surface area contributed by atoms with Gasteiger partial charge in [-0.25, -0.2) is 0 Å². The Hall–Kier alpha value is -2.01. The summed E-state index contributed by atoms with van der Waals surface area (Å²) < 4.78 is 13.6. The van der Waals surface area contributed by atoms with Crippen molar-refractivity contribution in [3.8, 4) is 11.5 Å². The number of para-hydroxylation sites is 1. The number of nitrogens with zero attached hydrogens (tertiary/aromatic N) is 3. The lowest BCUT2D eigenvalue weighted by molar-refractivity contribution is 0.164. The molecule has 1 fully saturated rings. The van der Waals surface area contributed by atoms with E-state index in [0.717, 1.165) is 31.1 Å². The van der Waals surface area contributed by atoms with Crippen LogP contribution in [-0.2, 0) is 13.1 Å². The molecule has 1 saturated heterocycles. The van der Waals surface area contributed by atoms with Gasteiger partial charge in [0.1, 0.15) is 13.2 Å². The van der Waals surface area contributed by atoms with Crippen LogP contribution in [0.4, 0.5) is 0 Å². The van der Waals surface area contributed by atoms with E-state index in [-0.39, 0.29) is 0 Å². The lowest BCUT2D eigenvalue weighted by atomic mass is 10.1. The molecule has 1 atom stereocenters. The highest BCUT2D eigenvalue weighted by atomic mass is 16.6. The van der Waals surface area contributed by atoms with Crippen molar-refractivity contribution in [2.45, 2.75) is 32.0 Å². The smallest absolute Gasteiger partial charge is 0.165 e. The van der Waals surface area contributed by atoms with Crippen molar-refractivity contribution >= 4 is 0 Å². The SMILES string of the molecule is c1cc(CN2CCC[C@H]2Cn2cccn2)c2c(c1)OCCO2. The maximum atomic E-state index is 5.84. The van der Waals surface area contributed by atoms with Gasteiger partial charge in [-0.3, -0.25) is 9.58 Å². The molecule has 0 saturated carbocycles. The van der Waals surface area contributed by atoms with E-state index in [0.29, 0.717) is 19.3 Å². The number of benzene rings is 1. The van der Waals surface area contributed by atoms with Crippen molar-refractivity contribution in [3.05, 3.63) is 42.2 Å². The zero-order valence-corrected chi connectivity index (χ0v) is 12.6. The van der Waals surface area contributed by atoms with Crippen LogP contribution in [0.5, 0.6) is 11.5 Å². The zero-order valence-electron chi connectivity index (χ0n) is 12.6. The topological polar surface area (TPSA) is 39.5 Å². The first-order valence-electron chi connectivity index (χ1n) is 7.99. The second-order valence-corrected chi connectivity index (χ2v) is 5.94. The number of aromatic nitrogens is 2. The monoisotopic (exact) mass is 299 g/mol. The molecule has 0 unspecified atom stereocenters. The van der Waals surface area contributed by atoms with E-state index in [9.17, 15) is 0 Å². The molecule has 5 nitrogen and oxygen atoms in total. The summed E-state index contributed by atoms with van der Waals surface area (Å²) in [6, 6.07) is 8.72. The maximum Gasteiger partial charge on any atom is 0.165 e. The standard InChI is InChI=1S/C17H21N3O2/c1-4-14(17-16(6-1)21-10-11-22-17)12-19-8-2-5-15(19)13-20-9-3-7-18-20/h1,3-4,6-7,9,15H,2,5,8,10-13H2/t15-/m0/s1. The minimum atomic E-state index is 0.542. The molecule has 0 aliphatic carbocycles. The third-order valence-electron chi connectivity index (χ3n) is 4.48. The Balaban J connectivity index is 1.50. The molecule has 1 aromatic carbocycles.